The number of carbonyl (C=O) groups is 1. The van der Waals surface area contributed by atoms with Gasteiger partial charge in [0.25, 0.3) is 5.56 Å². The molecule has 0 aliphatic carbocycles. The average Bonchev–Trinajstić information content (AvgIpc) is 2.70. The van der Waals surface area contributed by atoms with Crippen molar-refractivity contribution < 1.29 is 9.90 Å². The molecule has 3 aromatic rings. The van der Waals surface area contributed by atoms with Crippen LogP contribution < -0.4 is 16.3 Å². The van der Waals surface area contributed by atoms with E-state index in [-0.39, 0.29) is 16.5 Å². The van der Waals surface area contributed by atoms with Gasteiger partial charge in [-0.1, -0.05) is 29.8 Å². The van der Waals surface area contributed by atoms with Crippen molar-refractivity contribution in [2.75, 3.05) is 5.32 Å². The first kappa shape index (κ1) is 17.4. The van der Waals surface area contributed by atoms with Crippen LogP contribution in [0.1, 0.15) is 5.56 Å². The third-order valence-corrected chi connectivity index (χ3v) is 3.87. The molecule has 0 bridgehead atoms. The van der Waals surface area contributed by atoms with E-state index in [9.17, 15) is 19.5 Å². The van der Waals surface area contributed by atoms with Gasteiger partial charge in [-0.3, -0.25) is 14.4 Å². The molecule has 0 saturated heterocycles. The van der Waals surface area contributed by atoms with Crippen molar-refractivity contribution in [2.45, 2.75) is 0 Å². The number of fused-ring (bicyclic) bond motifs is 1. The minimum absolute atomic E-state index is 0.162. The van der Waals surface area contributed by atoms with E-state index in [1.807, 2.05) is 0 Å². The molecule has 3 N–H and O–H groups in total. The molecular weight excluding hydrogens is 356 g/mol. The van der Waals surface area contributed by atoms with E-state index < -0.39 is 22.6 Å². The minimum Gasteiger partial charge on any atom is -0.503 e. The molecular formula is C19H13ClN2O4. The first-order valence-electron chi connectivity index (χ1n) is 7.58. The number of benzene rings is 2. The summed E-state index contributed by atoms with van der Waals surface area (Å²) in [6, 6.07) is 13.1. The zero-order chi connectivity index (χ0) is 18.7. The number of aromatic amines is 1. The lowest BCUT2D eigenvalue weighted by molar-refractivity contribution is -0.111. The zero-order valence-electron chi connectivity index (χ0n) is 13.3. The highest BCUT2D eigenvalue weighted by Gasteiger charge is 2.11. The normalized spacial score (nSPS) is 11.0. The molecule has 0 fully saturated rings. The summed E-state index contributed by atoms with van der Waals surface area (Å²) in [6.45, 7) is 0. The van der Waals surface area contributed by atoms with Crippen molar-refractivity contribution in [3.8, 4) is 5.75 Å². The van der Waals surface area contributed by atoms with Gasteiger partial charge in [-0.2, -0.15) is 0 Å². The van der Waals surface area contributed by atoms with Gasteiger partial charge in [-0.05, 0) is 36.4 Å². The Balaban J connectivity index is 2.05. The van der Waals surface area contributed by atoms with E-state index >= 15 is 0 Å². The highest BCUT2D eigenvalue weighted by Crippen LogP contribution is 2.16. The Labute approximate surface area is 152 Å². The largest absolute Gasteiger partial charge is 0.503 e. The van der Waals surface area contributed by atoms with Gasteiger partial charge >= 0.3 is 0 Å². The number of halogens is 1. The molecule has 1 heterocycles. The molecule has 0 aliphatic heterocycles. The maximum atomic E-state index is 12.6. The number of aromatic nitrogens is 1. The quantitative estimate of drug-likeness (QED) is 0.619. The van der Waals surface area contributed by atoms with E-state index in [0.717, 1.165) is 12.2 Å². The molecule has 0 unspecified atom stereocenters. The highest BCUT2D eigenvalue weighted by molar-refractivity contribution is 6.31. The Bertz CT molecular complexity index is 1140. The Kier molecular flexibility index (Phi) is 4.86. The van der Waals surface area contributed by atoms with Crippen LogP contribution >= 0.6 is 11.6 Å². The van der Waals surface area contributed by atoms with Crippen LogP contribution in [0.15, 0.2) is 64.2 Å². The van der Waals surface area contributed by atoms with E-state index in [2.05, 4.69) is 10.3 Å². The van der Waals surface area contributed by atoms with Crippen LogP contribution in [-0.4, -0.2) is 16.0 Å². The molecule has 0 spiro atoms. The van der Waals surface area contributed by atoms with Crippen LogP contribution in [-0.2, 0) is 4.79 Å². The summed E-state index contributed by atoms with van der Waals surface area (Å²) in [7, 11) is 0. The molecule has 0 aliphatic rings. The molecule has 0 atom stereocenters. The van der Waals surface area contributed by atoms with Gasteiger partial charge < -0.3 is 15.4 Å². The summed E-state index contributed by atoms with van der Waals surface area (Å²) >= 11 is 5.87. The summed E-state index contributed by atoms with van der Waals surface area (Å²) < 4.78 is 0. The first-order valence-corrected chi connectivity index (χ1v) is 7.96. The van der Waals surface area contributed by atoms with Gasteiger partial charge in [0.15, 0.2) is 11.2 Å². The van der Waals surface area contributed by atoms with Crippen LogP contribution in [0.2, 0.25) is 5.02 Å². The molecule has 6 nitrogen and oxygen atoms in total. The summed E-state index contributed by atoms with van der Waals surface area (Å²) in [5.41, 5.74) is -0.980. The number of anilines is 1. The highest BCUT2D eigenvalue weighted by atomic mass is 35.5. The summed E-state index contributed by atoms with van der Waals surface area (Å²) in [5.74, 6) is -1.28. The lowest BCUT2D eigenvalue weighted by Crippen LogP contribution is -2.09. The molecule has 0 saturated carbocycles. The third kappa shape index (κ3) is 3.65. The SMILES string of the molecule is O=C(C=Cc1c(O)c(=O)[nH]c2cc(Cl)ccc2c1=O)Nc1ccccc1. The molecule has 26 heavy (non-hydrogen) atoms. The van der Waals surface area contributed by atoms with Crippen LogP contribution in [0.4, 0.5) is 5.69 Å². The standard InChI is InChI=1S/C19H13ClN2O4/c20-11-6-7-13-15(10-11)22-19(26)18(25)14(17(13)24)8-9-16(23)21-12-4-2-1-3-5-12/h1-10,25H,(H,21,23)(H,22,26). The molecule has 1 amide bonds. The lowest BCUT2D eigenvalue weighted by atomic mass is 10.1. The molecule has 2 aromatic carbocycles. The van der Waals surface area contributed by atoms with Gasteiger partial charge in [-0.25, -0.2) is 0 Å². The number of hydrogen-bond donors (Lipinski definition) is 3. The first-order chi connectivity index (χ1) is 12.5. The molecule has 7 heteroatoms. The van der Waals surface area contributed by atoms with E-state index in [0.29, 0.717) is 10.7 Å². The maximum absolute atomic E-state index is 12.6. The number of carbonyl (C=O) groups excluding carboxylic acids is 1. The van der Waals surface area contributed by atoms with Gasteiger partial charge in [0.2, 0.25) is 5.91 Å². The summed E-state index contributed by atoms with van der Waals surface area (Å²) in [6.07, 6.45) is 2.18. The van der Waals surface area contributed by atoms with E-state index in [1.54, 1.807) is 30.3 Å². The number of aromatic hydroxyl groups is 1. The molecule has 0 radical (unpaired) electrons. The minimum atomic E-state index is -0.859. The van der Waals surface area contributed by atoms with Crippen molar-refractivity contribution in [3.05, 3.63) is 85.8 Å². The second-order valence-corrected chi connectivity index (χ2v) is 5.86. The number of H-pyrrole nitrogens is 1. The summed E-state index contributed by atoms with van der Waals surface area (Å²) in [5, 5.41) is 13.2. The number of rotatable bonds is 3. The third-order valence-electron chi connectivity index (χ3n) is 3.63. The Hall–Kier alpha value is -3.38. The zero-order valence-corrected chi connectivity index (χ0v) is 14.1. The summed E-state index contributed by atoms with van der Waals surface area (Å²) in [4.78, 5) is 39.1. The number of hydrogen-bond acceptors (Lipinski definition) is 4. The molecule has 1 aromatic heterocycles. The fourth-order valence-corrected chi connectivity index (χ4v) is 2.57. The number of para-hydroxylation sites is 1. The fourth-order valence-electron chi connectivity index (χ4n) is 2.39. The van der Waals surface area contributed by atoms with Gasteiger partial charge in [0.05, 0.1) is 11.1 Å². The lowest BCUT2D eigenvalue weighted by Gasteiger charge is -2.00. The van der Waals surface area contributed by atoms with Crippen molar-refractivity contribution in [2.24, 2.45) is 0 Å². The Morgan fingerprint density at radius 3 is 2.58 bits per heavy atom. The van der Waals surface area contributed by atoms with Crippen molar-refractivity contribution in [1.29, 1.82) is 0 Å². The van der Waals surface area contributed by atoms with Crippen LogP contribution in [0.25, 0.3) is 17.0 Å². The van der Waals surface area contributed by atoms with Crippen LogP contribution in [0.3, 0.4) is 0 Å². The Morgan fingerprint density at radius 1 is 1.12 bits per heavy atom. The predicted octanol–water partition coefficient (Wildman–Crippen LogP) is 2.90. The van der Waals surface area contributed by atoms with E-state index in [1.165, 1.54) is 18.2 Å². The predicted molar refractivity (Wildman–Crippen MR) is 102 cm³/mol. The average molecular weight is 369 g/mol. The monoisotopic (exact) mass is 368 g/mol. The van der Waals surface area contributed by atoms with Crippen molar-refractivity contribution in [1.82, 2.24) is 4.98 Å². The van der Waals surface area contributed by atoms with Crippen molar-refractivity contribution in [3.63, 3.8) is 0 Å². The second-order valence-electron chi connectivity index (χ2n) is 5.42. The fraction of sp³-hybridized carbons (Fsp3) is 0. The topological polar surface area (TPSA) is 99.3 Å². The Morgan fingerprint density at radius 2 is 1.85 bits per heavy atom. The van der Waals surface area contributed by atoms with Crippen LogP contribution in [0.5, 0.6) is 5.75 Å². The van der Waals surface area contributed by atoms with Crippen LogP contribution in [0, 0.1) is 0 Å². The van der Waals surface area contributed by atoms with E-state index in [4.69, 9.17) is 11.6 Å². The smallest absolute Gasteiger partial charge is 0.291 e. The molecule has 130 valence electrons. The second kappa shape index (κ2) is 7.25. The van der Waals surface area contributed by atoms with Gasteiger partial charge in [0.1, 0.15) is 0 Å². The van der Waals surface area contributed by atoms with Gasteiger partial charge in [-0.15, -0.1) is 0 Å². The van der Waals surface area contributed by atoms with Crippen molar-refractivity contribution >= 4 is 40.2 Å². The maximum Gasteiger partial charge on any atom is 0.291 e. The van der Waals surface area contributed by atoms with Gasteiger partial charge in [0, 0.05) is 22.2 Å². The molecule has 3 rings (SSSR count). The number of amides is 1. The number of nitrogens with one attached hydrogen (secondary N) is 2.